The molecule has 0 aliphatic rings. The first-order chi connectivity index (χ1) is 12.5. The molecule has 0 bridgehead atoms. The second-order valence-electron chi connectivity index (χ2n) is 5.20. The highest BCUT2D eigenvalue weighted by atomic mass is 79.9. The Morgan fingerprint density at radius 2 is 2.15 bits per heavy atom. The van der Waals surface area contributed by atoms with Crippen LogP contribution in [0.5, 0.6) is 5.75 Å². The predicted molar refractivity (Wildman–Crippen MR) is 109 cm³/mol. The summed E-state index contributed by atoms with van der Waals surface area (Å²) < 4.78 is 0.822. The first kappa shape index (κ1) is 18.8. The fraction of sp³-hybridized carbons (Fsp3) is 0.118. The van der Waals surface area contributed by atoms with E-state index in [2.05, 4.69) is 36.4 Å². The number of H-pyrrole nitrogens is 1. The Labute approximate surface area is 167 Å². The minimum absolute atomic E-state index is 0.104. The van der Waals surface area contributed by atoms with Crippen molar-refractivity contribution in [2.24, 2.45) is 0 Å². The number of aromatic amines is 1. The highest BCUT2D eigenvalue weighted by Gasteiger charge is 2.12. The number of nitrogens with zero attached hydrogens (tertiary/aromatic N) is 2. The number of aromatic nitrogens is 3. The van der Waals surface area contributed by atoms with E-state index >= 15 is 0 Å². The van der Waals surface area contributed by atoms with E-state index in [1.54, 1.807) is 30.0 Å². The second kappa shape index (κ2) is 8.61. The number of thioether (sulfide) groups is 2. The number of nitrogens with one attached hydrogen (secondary N) is 2. The lowest BCUT2D eigenvalue weighted by Gasteiger charge is -2.05. The maximum Gasteiger partial charge on any atom is 0.234 e. The van der Waals surface area contributed by atoms with Crippen molar-refractivity contribution in [3.63, 3.8) is 0 Å². The molecule has 0 unspecified atom stereocenters. The van der Waals surface area contributed by atoms with Gasteiger partial charge in [-0.2, -0.15) is 0 Å². The van der Waals surface area contributed by atoms with Crippen LogP contribution in [0.25, 0.3) is 11.4 Å². The standard InChI is InChI=1S/C17H15BrN4O2S2/c1-25-12-4-2-3-11(8-12)19-15(24)9-26-17-20-16(21-22-17)13-7-10(18)5-6-14(13)23/h2-8,23H,9H2,1H3,(H,19,24)(H,20,21,22). The molecule has 0 saturated carbocycles. The Balaban J connectivity index is 1.61. The molecule has 0 fully saturated rings. The summed E-state index contributed by atoms with van der Waals surface area (Å²) in [5, 5.41) is 20.1. The molecule has 0 saturated heterocycles. The van der Waals surface area contributed by atoms with Gasteiger partial charge in [0, 0.05) is 15.1 Å². The Kier molecular flexibility index (Phi) is 6.23. The SMILES string of the molecule is CSc1cccc(NC(=O)CSc2n[nH]c(-c3cc(Br)ccc3O)n2)c1. The van der Waals surface area contributed by atoms with E-state index in [1.165, 1.54) is 11.8 Å². The molecule has 0 spiro atoms. The first-order valence-electron chi connectivity index (χ1n) is 7.53. The summed E-state index contributed by atoms with van der Waals surface area (Å²) in [4.78, 5) is 17.5. The Morgan fingerprint density at radius 1 is 1.31 bits per heavy atom. The number of hydrogen-bond acceptors (Lipinski definition) is 6. The maximum atomic E-state index is 12.1. The van der Waals surface area contributed by atoms with Gasteiger partial charge in [-0.1, -0.05) is 33.8 Å². The van der Waals surface area contributed by atoms with Crippen LogP contribution in [0, 0.1) is 0 Å². The molecular formula is C17H15BrN4O2S2. The summed E-state index contributed by atoms with van der Waals surface area (Å²) in [6, 6.07) is 12.7. The molecule has 6 nitrogen and oxygen atoms in total. The molecule has 0 atom stereocenters. The number of amides is 1. The second-order valence-corrected chi connectivity index (χ2v) is 7.93. The number of carbonyl (C=O) groups excluding carboxylic acids is 1. The van der Waals surface area contributed by atoms with Crippen LogP contribution in [-0.4, -0.2) is 38.2 Å². The van der Waals surface area contributed by atoms with Gasteiger partial charge < -0.3 is 10.4 Å². The van der Waals surface area contributed by atoms with Gasteiger partial charge in [-0.15, -0.1) is 16.9 Å². The smallest absolute Gasteiger partial charge is 0.234 e. The summed E-state index contributed by atoms with van der Waals surface area (Å²) in [6.45, 7) is 0. The van der Waals surface area contributed by atoms with Crippen LogP contribution in [0.3, 0.4) is 0 Å². The largest absolute Gasteiger partial charge is 0.507 e. The van der Waals surface area contributed by atoms with Gasteiger partial charge in [0.15, 0.2) is 5.82 Å². The van der Waals surface area contributed by atoms with Crippen LogP contribution in [0.2, 0.25) is 0 Å². The number of carbonyl (C=O) groups is 1. The molecule has 1 aromatic heterocycles. The van der Waals surface area contributed by atoms with E-state index in [4.69, 9.17) is 0 Å². The molecule has 0 aliphatic heterocycles. The first-order valence-corrected chi connectivity index (χ1v) is 10.5. The summed E-state index contributed by atoms with van der Waals surface area (Å²) in [5.74, 6) is 0.599. The van der Waals surface area contributed by atoms with Gasteiger partial charge in [-0.05, 0) is 42.7 Å². The van der Waals surface area contributed by atoms with Gasteiger partial charge in [-0.3, -0.25) is 9.89 Å². The predicted octanol–water partition coefficient (Wildman–Crippen LogP) is 4.39. The van der Waals surface area contributed by atoms with Gasteiger partial charge in [-0.25, -0.2) is 4.98 Å². The lowest BCUT2D eigenvalue weighted by molar-refractivity contribution is -0.113. The van der Waals surface area contributed by atoms with Crippen LogP contribution in [0.4, 0.5) is 5.69 Å². The summed E-state index contributed by atoms with van der Waals surface area (Å²) in [7, 11) is 0. The summed E-state index contributed by atoms with van der Waals surface area (Å²) in [6.07, 6.45) is 1.99. The van der Waals surface area contributed by atoms with E-state index in [0.29, 0.717) is 16.5 Å². The summed E-state index contributed by atoms with van der Waals surface area (Å²) >= 11 is 6.20. The Hall–Kier alpha value is -1.97. The van der Waals surface area contributed by atoms with Crippen molar-refractivity contribution in [2.75, 3.05) is 17.3 Å². The van der Waals surface area contributed by atoms with Crippen molar-refractivity contribution in [1.29, 1.82) is 0 Å². The molecule has 2 aromatic carbocycles. The number of phenolic OH excluding ortho intramolecular Hbond substituents is 1. The zero-order chi connectivity index (χ0) is 18.5. The number of halogens is 1. The third-order valence-corrected chi connectivity index (χ3v) is 5.43. The van der Waals surface area contributed by atoms with Crippen molar-refractivity contribution < 1.29 is 9.90 Å². The highest BCUT2D eigenvalue weighted by Crippen LogP contribution is 2.30. The van der Waals surface area contributed by atoms with Crippen LogP contribution in [0.15, 0.2) is 57.0 Å². The van der Waals surface area contributed by atoms with Crippen LogP contribution in [0.1, 0.15) is 0 Å². The topological polar surface area (TPSA) is 90.9 Å². The van der Waals surface area contributed by atoms with Crippen molar-refractivity contribution in [3.05, 3.63) is 46.9 Å². The normalized spacial score (nSPS) is 10.7. The van der Waals surface area contributed by atoms with Crippen LogP contribution >= 0.6 is 39.5 Å². The van der Waals surface area contributed by atoms with Gasteiger partial charge in [0.1, 0.15) is 5.75 Å². The van der Waals surface area contributed by atoms with E-state index in [-0.39, 0.29) is 17.4 Å². The zero-order valence-electron chi connectivity index (χ0n) is 13.7. The minimum atomic E-state index is -0.134. The number of hydrogen-bond donors (Lipinski definition) is 3. The average molecular weight is 451 g/mol. The van der Waals surface area contributed by atoms with Gasteiger partial charge >= 0.3 is 0 Å². The molecule has 1 heterocycles. The van der Waals surface area contributed by atoms with Crippen molar-refractivity contribution in [3.8, 4) is 17.1 Å². The fourth-order valence-electron chi connectivity index (χ4n) is 2.16. The number of phenols is 1. The Morgan fingerprint density at radius 3 is 2.96 bits per heavy atom. The average Bonchev–Trinajstić information content (AvgIpc) is 3.11. The quantitative estimate of drug-likeness (QED) is 0.482. The monoisotopic (exact) mass is 450 g/mol. The van der Waals surface area contributed by atoms with E-state index < -0.39 is 0 Å². The maximum absolute atomic E-state index is 12.1. The molecule has 134 valence electrons. The van der Waals surface area contributed by atoms with E-state index in [1.807, 2.05) is 30.5 Å². The molecule has 0 radical (unpaired) electrons. The Bertz CT molecular complexity index is 933. The molecule has 26 heavy (non-hydrogen) atoms. The summed E-state index contributed by atoms with van der Waals surface area (Å²) in [5.41, 5.74) is 1.30. The van der Waals surface area contributed by atoms with Gasteiger partial charge in [0.05, 0.1) is 11.3 Å². The van der Waals surface area contributed by atoms with Crippen molar-refractivity contribution >= 4 is 51.0 Å². The third-order valence-electron chi connectivity index (χ3n) is 3.36. The molecule has 3 N–H and O–H groups in total. The van der Waals surface area contributed by atoms with Crippen molar-refractivity contribution in [1.82, 2.24) is 15.2 Å². The lowest BCUT2D eigenvalue weighted by atomic mass is 10.2. The number of benzene rings is 2. The number of rotatable bonds is 6. The van der Waals surface area contributed by atoms with Crippen LogP contribution in [-0.2, 0) is 4.79 Å². The molecule has 1 amide bonds. The lowest BCUT2D eigenvalue weighted by Crippen LogP contribution is -2.14. The van der Waals surface area contributed by atoms with Gasteiger partial charge in [0.2, 0.25) is 11.1 Å². The molecule has 9 heteroatoms. The molecule has 3 rings (SSSR count). The minimum Gasteiger partial charge on any atom is -0.507 e. The number of aromatic hydroxyl groups is 1. The fourth-order valence-corrected chi connectivity index (χ4v) is 3.58. The molecule has 0 aliphatic carbocycles. The zero-order valence-corrected chi connectivity index (χ0v) is 16.9. The number of anilines is 1. The van der Waals surface area contributed by atoms with Crippen molar-refractivity contribution in [2.45, 2.75) is 10.1 Å². The van der Waals surface area contributed by atoms with Gasteiger partial charge in [0.25, 0.3) is 0 Å². The van der Waals surface area contributed by atoms with E-state index in [0.717, 1.165) is 15.1 Å². The molecular weight excluding hydrogens is 436 g/mol. The highest BCUT2D eigenvalue weighted by molar-refractivity contribution is 9.10. The van der Waals surface area contributed by atoms with E-state index in [9.17, 15) is 9.90 Å². The van der Waals surface area contributed by atoms with Crippen LogP contribution < -0.4 is 5.32 Å². The molecule has 3 aromatic rings. The third kappa shape index (κ3) is 4.80.